The van der Waals surface area contributed by atoms with Gasteiger partial charge in [-0.2, -0.15) is 13.2 Å². The van der Waals surface area contributed by atoms with Gasteiger partial charge in [-0.05, 0) is 6.08 Å². The number of hydrogen-bond donors (Lipinski definition) is 3. The number of phosphoric ester groups is 1. The van der Waals surface area contributed by atoms with E-state index in [0.717, 1.165) is 0 Å². The lowest BCUT2D eigenvalue weighted by molar-refractivity contribution is -0.145. The fourth-order valence-corrected chi connectivity index (χ4v) is 2.69. The molecule has 0 amide bonds. The molecule has 3 aromatic heterocycles. The zero-order chi connectivity index (χ0) is 21.4. The molecule has 0 bridgehead atoms. The first-order valence-corrected chi connectivity index (χ1v) is 9.16. The number of alkyl halides is 3. The summed E-state index contributed by atoms with van der Waals surface area (Å²) >= 11 is 0. The van der Waals surface area contributed by atoms with E-state index in [2.05, 4.69) is 42.7 Å². The molecule has 11 nitrogen and oxygen atoms in total. The first-order valence-electron chi connectivity index (χ1n) is 7.63. The molecule has 0 aliphatic carbocycles. The number of aromatic nitrogens is 7. The minimum atomic E-state index is -4.99. The standard InChI is InChI=1S/C14H13F3N7O4P/c1-3-9-20-10(11(23(9)4-2)8-5-18-6-19-8)12-21-13(14(15,16)17)22-24(12)7-28-29(25,26)27/h3-6H,1-2,7H2,(H,18,19)(H2,25,26,27). The van der Waals surface area contributed by atoms with Crippen LogP contribution in [0.25, 0.3) is 35.2 Å². The van der Waals surface area contributed by atoms with Crippen molar-refractivity contribution in [2.45, 2.75) is 12.9 Å². The van der Waals surface area contributed by atoms with E-state index in [0.29, 0.717) is 10.4 Å². The second-order valence-corrected chi connectivity index (χ2v) is 6.63. The number of aromatic amines is 1. The molecule has 0 radical (unpaired) electrons. The highest BCUT2D eigenvalue weighted by molar-refractivity contribution is 7.46. The predicted molar refractivity (Wildman–Crippen MR) is 93.4 cm³/mol. The van der Waals surface area contributed by atoms with Crippen molar-refractivity contribution in [1.29, 1.82) is 0 Å². The highest BCUT2D eigenvalue weighted by Crippen LogP contribution is 2.38. The Morgan fingerprint density at radius 1 is 1.31 bits per heavy atom. The van der Waals surface area contributed by atoms with E-state index < -0.39 is 32.4 Å². The molecule has 0 unspecified atom stereocenters. The number of hydrogen-bond acceptors (Lipinski definition) is 6. The highest BCUT2D eigenvalue weighted by atomic mass is 31.2. The summed E-state index contributed by atoms with van der Waals surface area (Å²) in [6.07, 6.45) is 0.503. The van der Waals surface area contributed by atoms with E-state index in [-0.39, 0.29) is 17.2 Å². The molecule has 0 aromatic carbocycles. The van der Waals surface area contributed by atoms with Crippen molar-refractivity contribution in [1.82, 2.24) is 34.3 Å². The summed E-state index contributed by atoms with van der Waals surface area (Å²) in [5, 5.41) is 3.26. The van der Waals surface area contributed by atoms with Crippen LogP contribution in [0.3, 0.4) is 0 Å². The van der Waals surface area contributed by atoms with Crippen molar-refractivity contribution < 1.29 is 32.0 Å². The lowest BCUT2D eigenvalue weighted by atomic mass is 10.2. The van der Waals surface area contributed by atoms with Crippen LogP contribution in [0.5, 0.6) is 0 Å². The molecule has 0 atom stereocenters. The van der Waals surface area contributed by atoms with Crippen LogP contribution in [0.15, 0.2) is 25.7 Å². The van der Waals surface area contributed by atoms with Gasteiger partial charge in [-0.25, -0.2) is 24.2 Å². The van der Waals surface area contributed by atoms with Crippen LogP contribution in [0, 0.1) is 0 Å². The molecule has 3 heterocycles. The van der Waals surface area contributed by atoms with Gasteiger partial charge in [0.05, 0.1) is 18.2 Å². The Bertz CT molecular complexity index is 1100. The van der Waals surface area contributed by atoms with Crippen LogP contribution < -0.4 is 0 Å². The fraction of sp³-hybridized carbons (Fsp3) is 0.143. The van der Waals surface area contributed by atoms with Gasteiger partial charge in [-0.3, -0.25) is 9.09 Å². The smallest absolute Gasteiger partial charge is 0.343 e. The number of phosphoric acid groups is 1. The average molecular weight is 431 g/mol. The van der Waals surface area contributed by atoms with Gasteiger partial charge in [-0.1, -0.05) is 13.2 Å². The van der Waals surface area contributed by atoms with E-state index in [9.17, 15) is 17.7 Å². The Balaban J connectivity index is 2.25. The van der Waals surface area contributed by atoms with E-state index in [1.165, 1.54) is 29.4 Å². The van der Waals surface area contributed by atoms with Gasteiger partial charge in [0.1, 0.15) is 17.2 Å². The molecular formula is C14H13F3N7O4P. The third-order valence-electron chi connectivity index (χ3n) is 3.54. The first-order chi connectivity index (χ1) is 13.5. The van der Waals surface area contributed by atoms with Gasteiger partial charge >= 0.3 is 14.0 Å². The van der Waals surface area contributed by atoms with Gasteiger partial charge in [0.25, 0.3) is 5.82 Å². The van der Waals surface area contributed by atoms with Crippen molar-refractivity contribution in [3.8, 4) is 22.9 Å². The van der Waals surface area contributed by atoms with Gasteiger partial charge in [0.2, 0.25) is 0 Å². The van der Waals surface area contributed by atoms with E-state index in [1.807, 2.05) is 0 Å². The summed E-state index contributed by atoms with van der Waals surface area (Å²) in [6.45, 7) is 6.24. The van der Waals surface area contributed by atoms with Gasteiger partial charge in [-0.15, -0.1) is 5.10 Å². The SMILES string of the molecule is C=Cc1nc(-c2nc(C(F)(F)F)nn2COP(=O)(O)O)c(-c2cnc[nH]2)n1C=C. The molecular weight excluding hydrogens is 418 g/mol. The number of nitrogens with zero attached hydrogens (tertiary/aromatic N) is 6. The van der Waals surface area contributed by atoms with Crippen molar-refractivity contribution >= 4 is 20.1 Å². The molecule has 0 saturated carbocycles. The average Bonchev–Trinajstić information content (AvgIpc) is 3.34. The number of nitrogens with one attached hydrogen (secondary N) is 1. The van der Waals surface area contributed by atoms with E-state index in [4.69, 9.17) is 9.79 Å². The lowest BCUT2D eigenvalue weighted by Crippen LogP contribution is -2.10. The molecule has 0 saturated heterocycles. The quantitative estimate of drug-likeness (QED) is 0.484. The molecule has 0 spiro atoms. The van der Waals surface area contributed by atoms with Crippen LogP contribution in [-0.4, -0.2) is 44.1 Å². The topological polar surface area (TPSA) is 144 Å². The molecule has 3 aromatic rings. The number of halogens is 3. The minimum Gasteiger partial charge on any atom is -0.343 e. The van der Waals surface area contributed by atoms with Crippen LogP contribution in [0.4, 0.5) is 13.2 Å². The van der Waals surface area contributed by atoms with Gasteiger partial charge in [0.15, 0.2) is 12.6 Å². The molecule has 0 aliphatic heterocycles. The third kappa shape index (κ3) is 4.19. The molecule has 0 aliphatic rings. The zero-order valence-corrected chi connectivity index (χ0v) is 15.3. The van der Waals surface area contributed by atoms with Gasteiger partial charge < -0.3 is 14.8 Å². The molecule has 3 rings (SSSR count). The zero-order valence-electron chi connectivity index (χ0n) is 14.4. The normalized spacial score (nSPS) is 12.3. The lowest BCUT2D eigenvalue weighted by Gasteiger charge is -2.08. The van der Waals surface area contributed by atoms with Gasteiger partial charge in [0, 0.05) is 6.20 Å². The second kappa shape index (κ2) is 7.40. The molecule has 29 heavy (non-hydrogen) atoms. The maximum Gasteiger partial charge on any atom is 0.471 e. The Kier molecular flexibility index (Phi) is 5.28. The Hall–Kier alpha value is -3.06. The monoisotopic (exact) mass is 431 g/mol. The van der Waals surface area contributed by atoms with E-state index >= 15 is 0 Å². The van der Waals surface area contributed by atoms with Crippen molar-refractivity contribution in [3.05, 3.63) is 37.3 Å². The first kappa shape index (κ1) is 20.7. The minimum absolute atomic E-state index is 0.0960. The number of H-pyrrole nitrogens is 1. The maximum atomic E-state index is 13.2. The van der Waals surface area contributed by atoms with Crippen LogP contribution in [0.2, 0.25) is 0 Å². The third-order valence-corrected chi connectivity index (χ3v) is 3.99. The Morgan fingerprint density at radius 3 is 2.55 bits per heavy atom. The van der Waals surface area contributed by atoms with Crippen LogP contribution in [-0.2, 0) is 22.0 Å². The number of imidazole rings is 2. The summed E-state index contributed by atoms with van der Waals surface area (Å²) in [6, 6.07) is 0. The molecule has 0 fully saturated rings. The highest BCUT2D eigenvalue weighted by Gasteiger charge is 2.38. The summed E-state index contributed by atoms with van der Waals surface area (Å²) in [7, 11) is -4.99. The molecule has 3 N–H and O–H groups in total. The molecule has 15 heteroatoms. The predicted octanol–water partition coefficient (Wildman–Crippen LogP) is 2.36. The largest absolute Gasteiger partial charge is 0.471 e. The Labute approximate surface area is 160 Å². The maximum absolute atomic E-state index is 13.2. The van der Waals surface area contributed by atoms with Crippen molar-refractivity contribution in [3.63, 3.8) is 0 Å². The van der Waals surface area contributed by atoms with E-state index in [1.54, 1.807) is 0 Å². The summed E-state index contributed by atoms with van der Waals surface area (Å²) in [4.78, 5) is 32.1. The summed E-state index contributed by atoms with van der Waals surface area (Å²) in [5.41, 5.74) is 0.492. The molecule has 154 valence electrons. The van der Waals surface area contributed by atoms with Crippen LogP contribution >= 0.6 is 7.82 Å². The summed E-state index contributed by atoms with van der Waals surface area (Å²) in [5.74, 6) is -1.76. The van der Waals surface area contributed by atoms with Crippen LogP contribution in [0.1, 0.15) is 11.6 Å². The second-order valence-electron chi connectivity index (χ2n) is 5.39. The fourth-order valence-electron chi connectivity index (χ4n) is 2.43. The van der Waals surface area contributed by atoms with Crippen molar-refractivity contribution in [2.75, 3.05) is 0 Å². The summed E-state index contributed by atoms with van der Waals surface area (Å²) < 4.78 is 56.7. The number of rotatable bonds is 7. The van der Waals surface area contributed by atoms with Crippen molar-refractivity contribution in [2.24, 2.45) is 0 Å². The Morgan fingerprint density at radius 2 is 2.03 bits per heavy atom.